The molecule has 1 saturated carbocycles. The van der Waals surface area contributed by atoms with Gasteiger partial charge in [0.25, 0.3) is 15.0 Å². The van der Waals surface area contributed by atoms with Crippen LogP contribution in [0.1, 0.15) is 35.2 Å². The van der Waals surface area contributed by atoms with Crippen LogP contribution in [0.25, 0.3) is 0 Å². The molecule has 0 heterocycles. The highest BCUT2D eigenvalue weighted by Crippen LogP contribution is 2.24. The van der Waals surface area contributed by atoms with E-state index in [0.717, 1.165) is 31.4 Å². The number of hydrogen-bond donors (Lipinski definition) is 1. The first-order chi connectivity index (χ1) is 8.79. The zero-order valence-electron chi connectivity index (χ0n) is 10.2. The van der Waals surface area contributed by atoms with E-state index in [-0.39, 0.29) is 22.1 Å². The summed E-state index contributed by atoms with van der Waals surface area (Å²) in [5.74, 6) is -1.36. The fourth-order valence-corrected chi connectivity index (χ4v) is 3.11. The number of aryl methyl sites for hydroxylation is 1. The van der Waals surface area contributed by atoms with E-state index in [0.29, 0.717) is 0 Å². The number of carbonyl (C=O) groups excluding carboxylic acids is 1. The minimum atomic E-state index is -4.00. The molecule has 0 spiro atoms. The van der Waals surface area contributed by atoms with Gasteiger partial charge in [-0.1, -0.05) is 0 Å². The van der Waals surface area contributed by atoms with Gasteiger partial charge in [-0.3, -0.25) is 4.79 Å². The van der Waals surface area contributed by atoms with Gasteiger partial charge < -0.3 is 5.32 Å². The molecule has 1 aliphatic carbocycles. The van der Waals surface area contributed by atoms with Gasteiger partial charge in [0.2, 0.25) is 0 Å². The third-order valence-corrected chi connectivity index (χ3v) is 4.68. The number of hydrogen-bond acceptors (Lipinski definition) is 3. The van der Waals surface area contributed by atoms with Crippen LogP contribution in [0.2, 0.25) is 0 Å². The quantitative estimate of drug-likeness (QED) is 0.872. The van der Waals surface area contributed by atoms with Crippen LogP contribution < -0.4 is 5.32 Å². The van der Waals surface area contributed by atoms with Crippen molar-refractivity contribution in [2.24, 2.45) is 0 Å². The lowest BCUT2D eigenvalue weighted by Crippen LogP contribution is -2.39. The number of amides is 1. The summed E-state index contributed by atoms with van der Waals surface area (Å²) in [7, 11) is 1.25. The van der Waals surface area contributed by atoms with E-state index in [9.17, 15) is 17.6 Å². The van der Waals surface area contributed by atoms with Crippen molar-refractivity contribution in [3.8, 4) is 0 Å². The molecule has 0 radical (unpaired) electrons. The number of rotatable bonds is 3. The molecule has 1 fully saturated rings. The number of benzene rings is 1. The van der Waals surface area contributed by atoms with Crippen LogP contribution in [-0.2, 0) is 9.05 Å². The third-order valence-electron chi connectivity index (χ3n) is 3.21. The maximum absolute atomic E-state index is 13.7. The minimum absolute atomic E-state index is 0.0456. The van der Waals surface area contributed by atoms with Gasteiger partial charge in [-0.15, -0.1) is 0 Å². The van der Waals surface area contributed by atoms with Crippen molar-refractivity contribution >= 4 is 25.6 Å². The van der Waals surface area contributed by atoms with Gasteiger partial charge >= 0.3 is 0 Å². The fraction of sp³-hybridized carbons (Fsp3) is 0.417. The second-order valence-electron chi connectivity index (χ2n) is 4.64. The standard InChI is InChI=1S/C12H13ClFNO3S/c1-7-5-10(14)9(6-11(7)19(13,17)18)12(16)15-8-3-2-4-8/h5-6,8H,2-4H2,1H3,(H,15,16). The van der Waals surface area contributed by atoms with E-state index in [1.54, 1.807) is 0 Å². The summed E-state index contributed by atoms with van der Waals surface area (Å²) in [6.45, 7) is 1.42. The highest BCUT2D eigenvalue weighted by atomic mass is 35.7. The van der Waals surface area contributed by atoms with Gasteiger partial charge in [-0.05, 0) is 43.9 Å². The maximum atomic E-state index is 13.7. The largest absolute Gasteiger partial charge is 0.349 e. The highest BCUT2D eigenvalue weighted by molar-refractivity contribution is 8.13. The van der Waals surface area contributed by atoms with Crippen LogP contribution in [0.4, 0.5) is 4.39 Å². The molecule has 2 rings (SSSR count). The van der Waals surface area contributed by atoms with Crippen LogP contribution in [0, 0.1) is 12.7 Å². The summed E-state index contributed by atoms with van der Waals surface area (Å²) in [5.41, 5.74) is -0.121. The monoisotopic (exact) mass is 305 g/mol. The zero-order chi connectivity index (χ0) is 14.2. The van der Waals surface area contributed by atoms with Crippen LogP contribution in [0.3, 0.4) is 0 Å². The van der Waals surface area contributed by atoms with E-state index in [1.807, 2.05) is 0 Å². The van der Waals surface area contributed by atoms with Crippen LogP contribution in [-0.4, -0.2) is 20.4 Å². The second kappa shape index (κ2) is 5.09. The van der Waals surface area contributed by atoms with Crippen LogP contribution in [0.5, 0.6) is 0 Å². The van der Waals surface area contributed by atoms with Gasteiger partial charge in [-0.2, -0.15) is 0 Å². The molecule has 0 bridgehead atoms. The Balaban J connectivity index is 2.36. The normalized spacial score (nSPS) is 15.9. The third kappa shape index (κ3) is 3.06. The van der Waals surface area contributed by atoms with Crippen molar-refractivity contribution in [1.29, 1.82) is 0 Å². The molecule has 0 unspecified atom stereocenters. The number of nitrogens with one attached hydrogen (secondary N) is 1. The Morgan fingerprint density at radius 3 is 2.53 bits per heavy atom. The van der Waals surface area contributed by atoms with E-state index in [4.69, 9.17) is 10.7 Å². The van der Waals surface area contributed by atoms with Gasteiger partial charge in [0.1, 0.15) is 5.82 Å². The summed E-state index contributed by atoms with van der Waals surface area (Å²) in [6.07, 6.45) is 2.75. The summed E-state index contributed by atoms with van der Waals surface area (Å²) in [5, 5.41) is 2.65. The molecule has 1 aromatic carbocycles. The fourth-order valence-electron chi connectivity index (χ4n) is 1.91. The van der Waals surface area contributed by atoms with Gasteiger partial charge in [0, 0.05) is 16.7 Å². The Hall–Kier alpha value is -1.14. The molecule has 1 N–H and O–H groups in total. The SMILES string of the molecule is Cc1cc(F)c(C(=O)NC2CCC2)cc1S(=O)(=O)Cl. The lowest BCUT2D eigenvalue weighted by molar-refractivity contribution is 0.0912. The van der Waals surface area contributed by atoms with Gasteiger partial charge in [-0.25, -0.2) is 12.8 Å². The van der Waals surface area contributed by atoms with E-state index < -0.39 is 20.8 Å². The van der Waals surface area contributed by atoms with Crippen molar-refractivity contribution in [2.45, 2.75) is 37.1 Å². The Morgan fingerprint density at radius 2 is 2.05 bits per heavy atom. The molecule has 7 heteroatoms. The zero-order valence-corrected chi connectivity index (χ0v) is 11.8. The first-order valence-corrected chi connectivity index (χ1v) is 8.15. The first-order valence-electron chi connectivity index (χ1n) is 5.84. The molecular weight excluding hydrogens is 293 g/mol. The first kappa shape index (κ1) is 14.3. The smallest absolute Gasteiger partial charge is 0.261 e. The lowest BCUT2D eigenvalue weighted by Gasteiger charge is -2.26. The Bertz CT molecular complexity index is 626. The highest BCUT2D eigenvalue weighted by Gasteiger charge is 2.24. The molecule has 19 heavy (non-hydrogen) atoms. The topological polar surface area (TPSA) is 63.2 Å². The summed E-state index contributed by atoms with van der Waals surface area (Å²) in [6, 6.07) is 2.04. The molecule has 1 aromatic rings. The molecule has 1 amide bonds. The molecule has 0 saturated heterocycles. The number of halogens is 2. The van der Waals surface area contributed by atoms with Crippen LogP contribution >= 0.6 is 10.7 Å². The van der Waals surface area contributed by atoms with Crippen molar-refractivity contribution < 1.29 is 17.6 Å². The van der Waals surface area contributed by atoms with E-state index in [1.165, 1.54) is 6.92 Å². The Labute approximate surface area is 115 Å². The predicted octanol–water partition coefficient (Wildman–Crippen LogP) is 2.34. The molecule has 0 aliphatic heterocycles. The molecule has 0 atom stereocenters. The molecule has 4 nitrogen and oxygen atoms in total. The summed E-state index contributed by atoms with van der Waals surface area (Å²) < 4.78 is 36.4. The van der Waals surface area contributed by atoms with E-state index in [2.05, 4.69) is 5.32 Å². The van der Waals surface area contributed by atoms with E-state index >= 15 is 0 Å². The maximum Gasteiger partial charge on any atom is 0.261 e. The second-order valence-corrected chi connectivity index (χ2v) is 7.17. The van der Waals surface area contributed by atoms with Crippen molar-refractivity contribution in [3.05, 3.63) is 29.1 Å². The minimum Gasteiger partial charge on any atom is -0.349 e. The molecule has 104 valence electrons. The van der Waals surface area contributed by atoms with Crippen molar-refractivity contribution in [3.63, 3.8) is 0 Å². The Kier molecular flexibility index (Phi) is 3.82. The lowest BCUT2D eigenvalue weighted by atomic mass is 9.93. The number of carbonyl (C=O) groups is 1. The average Bonchev–Trinajstić information content (AvgIpc) is 2.21. The molecular formula is C12H13ClFNO3S. The van der Waals surface area contributed by atoms with Crippen LogP contribution in [0.15, 0.2) is 17.0 Å². The van der Waals surface area contributed by atoms with Crippen molar-refractivity contribution in [2.75, 3.05) is 0 Å². The predicted molar refractivity (Wildman–Crippen MR) is 69.3 cm³/mol. The summed E-state index contributed by atoms with van der Waals surface area (Å²) >= 11 is 0. The van der Waals surface area contributed by atoms with Gasteiger partial charge in [0.05, 0.1) is 10.5 Å². The molecule has 1 aliphatic rings. The van der Waals surface area contributed by atoms with Gasteiger partial charge in [0.15, 0.2) is 0 Å². The summed E-state index contributed by atoms with van der Waals surface area (Å²) in [4.78, 5) is 11.6. The van der Waals surface area contributed by atoms with Crippen molar-refractivity contribution in [1.82, 2.24) is 5.32 Å². The Morgan fingerprint density at radius 1 is 1.42 bits per heavy atom. The molecule has 0 aromatic heterocycles. The average molecular weight is 306 g/mol.